The Balaban J connectivity index is 1.89. The van der Waals surface area contributed by atoms with Gasteiger partial charge in [-0.05, 0) is 68.3 Å². The third-order valence-corrected chi connectivity index (χ3v) is 7.32. The van der Waals surface area contributed by atoms with Crippen LogP contribution in [0.15, 0.2) is 45.3 Å². The van der Waals surface area contributed by atoms with Gasteiger partial charge in [-0.25, -0.2) is 0 Å². The first-order valence-corrected chi connectivity index (χ1v) is 11.7. The van der Waals surface area contributed by atoms with E-state index in [-0.39, 0.29) is 10.8 Å². The molecule has 4 nitrogen and oxygen atoms in total. The van der Waals surface area contributed by atoms with Crippen LogP contribution in [0.4, 0.5) is 0 Å². The number of nitrogens with zero attached hydrogens (tertiary/aromatic N) is 2. The highest BCUT2D eigenvalue weighted by Crippen LogP contribution is 2.34. The second kappa shape index (κ2) is 6.79. The summed E-state index contributed by atoms with van der Waals surface area (Å²) in [7, 11) is 0. The predicted molar refractivity (Wildman–Crippen MR) is 130 cm³/mol. The Morgan fingerprint density at radius 2 is 1.07 bits per heavy atom. The summed E-state index contributed by atoms with van der Waals surface area (Å²) in [4.78, 5) is 17.0. The Morgan fingerprint density at radius 3 is 1.47 bits per heavy atom. The number of aromatic amines is 2. The number of fused-ring (bicyclic) bond motifs is 8. The fourth-order valence-electron chi connectivity index (χ4n) is 4.32. The Kier molecular flexibility index (Phi) is 4.53. The zero-order valence-electron chi connectivity index (χ0n) is 17.5. The predicted octanol–water partition coefficient (Wildman–Crippen LogP) is 6.88. The molecule has 0 aliphatic carbocycles. The minimum Gasteiger partial charge on any atom is -0.354 e. The van der Waals surface area contributed by atoms with Crippen molar-refractivity contribution in [3.8, 4) is 0 Å². The average molecular weight is 528 g/mol. The molecule has 0 atom stereocenters. The topological polar surface area (TPSA) is 57.4 Å². The summed E-state index contributed by atoms with van der Waals surface area (Å²) in [6, 6.07) is 12.9. The van der Waals surface area contributed by atoms with Crippen molar-refractivity contribution in [3.05, 3.63) is 68.1 Å². The molecule has 6 heteroatoms. The third kappa shape index (κ3) is 3.54. The fraction of sp³-hybridized carbons (Fsp3) is 0.333. The van der Waals surface area contributed by atoms with Crippen molar-refractivity contribution in [1.82, 2.24) is 19.9 Å². The van der Waals surface area contributed by atoms with Crippen LogP contribution in [-0.2, 0) is 23.7 Å². The highest BCUT2D eigenvalue weighted by atomic mass is 79.9. The van der Waals surface area contributed by atoms with Gasteiger partial charge in [-0.2, -0.15) is 0 Å². The van der Waals surface area contributed by atoms with Crippen LogP contribution in [0.2, 0.25) is 0 Å². The number of H-pyrrole nitrogens is 2. The van der Waals surface area contributed by atoms with E-state index >= 15 is 0 Å². The van der Waals surface area contributed by atoms with Crippen LogP contribution in [0.1, 0.15) is 50.5 Å². The summed E-state index contributed by atoms with van der Waals surface area (Å²) in [5.74, 6) is 0. The maximum absolute atomic E-state index is 4.97. The van der Waals surface area contributed by atoms with Crippen LogP contribution in [0, 0.1) is 0 Å². The Labute approximate surface area is 192 Å². The molecule has 0 amide bonds. The van der Waals surface area contributed by atoms with Crippen LogP contribution in [0.25, 0.3) is 22.1 Å². The Bertz CT molecular complexity index is 1220. The molecule has 3 aromatic rings. The summed E-state index contributed by atoms with van der Waals surface area (Å²) in [5.41, 5.74) is 8.49. The van der Waals surface area contributed by atoms with Gasteiger partial charge >= 0.3 is 0 Å². The van der Waals surface area contributed by atoms with Gasteiger partial charge in [-0.3, -0.25) is 9.97 Å². The number of rotatable bonds is 0. The molecule has 0 spiro atoms. The lowest BCUT2D eigenvalue weighted by molar-refractivity contribution is 0.543. The van der Waals surface area contributed by atoms with Gasteiger partial charge in [0.1, 0.15) is 0 Å². The monoisotopic (exact) mass is 526 g/mol. The number of halogens is 2. The second-order valence-corrected chi connectivity index (χ2v) is 11.4. The van der Waals surface area contributed by atoms with Gasteiger partial charge in [-0.15, -0.1) is 0 Å². The van der Waals surface area contributed by atoms with Crippen LogP contribution in [0.3, 0.4) is 0 Å². The molecular weight excluding hydrogens is 504 g/mol. The maximum Gasteiger partial charge on any atom is 0.0547 e. The van der Waals surface area contributed by atoms with E-state index in [2.05, 4.69) is 106 Å². The molecule has 0 fully saturated rings. The lowest BCUT2D eigenvalue weighted by Crippen LogP contribution is -2.15. The SMILES string of the molecule is CC1(C)Cc2cc3[nH]c(cc4nc(cc5[nH]c(cc1n2)cc5Br)CC4(C)C)cc3Br. The zero-order chi connectivity index (χ0) is 21.3. The molecule has 5 rings (SSSR count). The van der Waals surface area contributed by atoms with Gasteiger partial charge < -0.3 is 9.97 Å². The molecule has 0 saturated heterocycles. The first-order chi connectivity index (χ1) is 14.1. The van der Waals surface area contributed by atoms with Crippen LogP contribution < -0.4 is 0 Å². The van der Waals surface area contributed by atoms with Crippen LogP contribution in [0.5, 0.6) is 0 Å². The van der Waals surface area contributed by atoms with E-state index in [0.717, 1.165) is 66.6 Å². The van der Waals surface area contributed by atoms with Crippen LogP contribution in [-0.4, -0.2) is 19.9 Å². The molecular formula is C24H24Br2N4. The zero-order valence-corrected chi connectivity index (χ0v) is 20.7. The molecule has 5 heterocycles. The molecule has 2 aliphatic rings. The van der Waals surface area contributed by atoms with Gasteiger partial charge in [0, 0.05) is 66.4 Å². The molecule has 8 bridgehead atoms. The minimum absolute atomic E-state index is 0.0156. The van der Waals surface area contributed by atoms with Crippen molar-refractivity contribution >= 4 is 53.9 Å². The summed E-state index contributed by atoms with van der Waals surface area (Å²) < 4.78 is 2.08. The van der Waals surface area contributed by atoms with Gasteiger partial charge in [-0.1, -0.05) is 27.7 Å². The molecule has 2 N–H and O–H groups in total. The van der Waals surface area contributed by atoms with Crippen molar-refractivity contribution in [2.45, 2.75) is 51.4 Å². The van der Waals surface area contributed by atoms with E-state index in [9.17, 15) is 0 Å². The lowest BCUT2D eigenvalue weighted by atomic mass is 9.87. The largest absolute Gasteiger partial charge is 0.354 e. The summed E-state index contributed by atoms with van der Waals surface area (Å²) >= 11 is 7.42. The van der Waals surface area contributed by atoms with Crippen molar-refractivity contribution in [2.75, 3.05) is 0 Å². The molecule has 3 aromatic heterocycles. The van der Waals surface area contributed by atoms with E-state index in [1.807, 2.05) is 0 Å². The van der Waals surface area contributed by atoms with E-state index < -0.39 is 0 Å². The summed E-state index contributed by atoms with van der Waals surface area (Å²) in [6.07, 6.45) is 1.81. The molecule has 154 valence electrons. The van der Waals surface area contributed by atoms with Crippen molar-refractivity contribution in [3.63, 3.8) is 0 Å². The highest BCUT2D eigenvalue weighted by molar-refractivity contribution is 9.11. The molecule has 0 unspecified atom stereocenters. The Hall–Kier alpha value is -1.92. The summed E-state index contributed by atoms with van der Waals surface area (Å²) in [5, 5.41) is 0. The van der Waals surface area contributed by atoms with Crippen molar-refractivity contribution in [1.29, 1.82) is 0 Å². The molecule has 0 saturated carbocycles. The quantitative estimate of drug-likeness (QED) is 0.334. The number of nitrogens with one attached hydrogen (secondary N) is 2. The van der Waals surface area contributed by atoms with E-state index in [4.69, 9.17) is 9.97 Å². The average Bonchev–Trinajstić information content (AvgIpc) is 3.29. The molecule has 0 aromatic carbocycles. The standard InChI is InChI=1S/C24H24Br2N4/c1-23(2)11-15-7-19-18(26)6-14(28-19)10-22-24(3,4)12-16(30-22)8-20-17(25)5-13(27-20)9-21(23)29-15/h5-10,27-28H,11-12H2,1-4H3. The number of aromatic nitrogens is 4. The first-order valence-electron chi connectivity index (χ1n) is 10.2. The minimum atomic E-state index is -0.0156. The highest BCUT2D eigenvalue weighted by Gasteiger charge is 2.29. The summed E-state index contributed by atoms with van der Waals surface area (Å²) in [6.45, 7) is 8.99. The first kappa shape index (κ1) is 20.0. The third-order valence-electron chi connectivity index (χ3n) is 6.00. The number of hydrogen-bond donors (Lipinski definition) is 2. The fourth-order valence-corrected chi connectivity index (χ4v) is 5.24. The van der Waals surface area contributed by atoms with E-state index in [1.54, 1.807) is 0 Å². The van der Waals surface area contributed by atoms with Gasteiger partial charge in [0.25, 0.3) is 0 Å². The molecule has 0 radical (unpaired) electrons. The van der Waals surface area contributed by atoms with Gasteiger partial charge in [0.2, 0.25) is 0 Å². The van der Waals surface area contributed by atoms with Crippen molar-refractivity contribution in [2.24, 2.45) is 0 Å². The van der Waals surface area contributed by atoms with Crippen LogP contribution >= 0.6 is 31.9 Å². The molecule has 2 aliphatic heterocycles. The Morgan fingerprint density at radius 1 is 0.667 bits per heavy atom. The van der Waals surface area contributed by atoms with Crippen molar-refractivity contribution < 1.29 is 0 Å². The second-order valence-electron chi connectivity index (χ2n) is 9.65. The maximum atomic E-state index is 4.97. The van der Waals surface area contributed by atoms with E-state index in [0.29, 0.717) is 0 Å². The van der Waals surface area contributed by atoms with Gasteiger partial charge in [0.15, 0.2) is 0 Å². The normalized spacial score (nSPS) is 17.3. The smallest absolute Gasteiger partial charge is 0.0547 e. The van der Waals surface area contributed by atoms with E-state index in [1.165, 1.54) is 0 Å². The number of hydrogen-bond acceptors (Lipinski definition) is 2. The van der Waals surface area contributed by atoms with Gasteiger partial charge in [0.05, 0.1) is 11.0 Å². The lowest BCUT2D eigenvalue weighted by Gasteiger charge is -2.15. The molecule has 30 heavy (non-hydrogen) atoms.